The minimum atomic E-state index is 0.0742. The summed E-state index contributed by atoms with van der Waals surface area (Å²) in [5, 5.41) is 0. The van der Waals surface area contributed by atoms with Crippen LogP contribution in [-0.2, 0) is 4.79 Å². The van der Waals surface area contributed by atoms with E-state index >= 15 is 0 Å². The molecule has 0 heterocycles. The van der Waals surface area contributed by atoms with E-state index < -0.39 is 0 Å². The first-order valence-corrected chi connectivity index (χ1v) is 5.98. The van der Waals surface area contributed by atoms with Crippen LogP contribution < -0.4 is 0 Å². The first kappa shape index (κ1) is 8.70. The summed E-state index contributed by atoms with van der Waals surface area (Å²) >= 11 is 0. The summed E-state index contributed by atoms with van der Waals surface area (Å²) in [5.41, 5.74) is 2.08. The fourth-order valence-corrected chi connectivity index (χ4v) is 3.77. The van der Waals surface area contributed by atoms with Crippen LogP contribution in [0.15, 0.2) is 11.6 Å². The van der Waals surface area contributed by atoms with Crippen LogP contribution >= 0.6 is 0 Å². The van der Waals surface area contributed by atoms with Crippen molar-refractivity contribution in [3.05, 3.63) is 11.6 Å². The van der Waals surface area contributed by atoms with Crippen LogP contribution in [0.4, 0.5) is 0 Å². The Morgan fingerprint density at radius 1 is 1.29 bits per heavy atom. The molecule has 0 aromatic rings. The van der Waals surface area contributed by atoms with E-state index in [1.165, 1.54) is 19.3 Å². The largest absolute Gasteiger partial charge is 0.299 e. The first-order valence-electron chi connectivity index (χ1n) is 5.98. The second-order valence-corrected chi connectivity index (χ2v) is 5.30. The highest BCUT2D eigenvalue weighted by atomic mass is 16.1. The third-order valence-corrected chi connectivity index (χ3v) is 4.85. The van der Waals surface area contributed by atoms with Gasteiger partial charge < -0.3 is 0 Å². The van der Waals surface area contributed by atoms with E-state index in [1.54, 1.807) is 5.57 Å². The Balaban J connectivity index is 2.05. The first-order chi connectivity index (χ1) is 6.73. The van der Waals surface area contributed by atoms with E-state index in [0.29, 0.717) is 11.2 Å². The van der Waals surface area contributed by atoms with Crippen molar-refractivity contribution in [2.45, 2.75) is 51.9 Å². The molecule has 0 aliphatic heterocycles. The molecule has 2 fully saturated rings. The standard InChI is InChI=1S/C13H18O/c1-2-12-6-3-4-10(12)13(8-9-13)11(14)5-7-12/h4H,2-3,5-9H2,1H3/t12-/m1/s1. The SMILES string of the molecule is CC[C@]12CCC=C1C1(CC1)C(=O)CC2. The molecule has 0 aromatic carbocycles. The van der Waals surface area contributed by atoms with Crippen LogP contribution in [0.3, 0.4) is 0 Å². The Hall–Kier alpha value is -0.590. The second kappa shape index (κ2) is 2.50. The molecular formula is C13H18O. The predicted molar refractivity (Wildman–Crippen MR) is 55.9 cm³/mol. The average molecular weight is 190 g/mol. The van der Waals surface area contributed by atoms with Crippen molar-refractivity contribution in [2.24, 2.45) is 10.8 Å². The number of fused-ring (bicyclic) bond motifs is 2. The zero-order valence-corrected chi connectivity index (χ0v) is 8.94. The van der Waals surface area contributed by atoms with E-state index in [4.69, 9.17) is 0 Å². The summed E-state index contributed by atoms with van der Waals surface area (Å²) in [5.74, 6) is 0.551. The van der Waals surface area contributed by atoms with Crippen LogP contribution in [-0.4, -0.2) is 5.78 Å². The van der Waals surface area contributed by atoms with Gasteiger partial charge in [-0.05, 0) is 43.9 Å². The van der Waals surface area contributed by atoms with Gasteiger partial charge in [0.15, 0.2) is 0 Å². The number of allylic oxidation sites excluding steroid dienone is 2. The number of carbonyl (C=O) groups excluding carboxylic acids is 1. The number of ketones is 1. The molecule has 0 radical (unpaired) electrons. The number of rotatable bonds is 1. The van der Waals surface area contributed by atoms with Gasteiger partial charge in [0.25, 0.3) is 0 Å². The minimum Gasteiger partial charge on any atom is -0.299 e. The van der Waals surface area contributed by atoms with Gasteiger partial charge in [-0.25, -0.2) is 0 Å². The highest BCUT2D eigenvalue weighted by Crippen LogP contribution is 2.66. The molecular weight excluding hydrogens is 172 g/mol. The van der Waals surface area contributed by atoms with E-state index in [0.717, 1.165) is 25.7 Å². The fourth-order valence-electron chi connectivity index (χ4n) is 3.77. The van der Waals surface area contributed by atoms with Crippen molar-refractivity contribution >= 4 is 5.78 Å². The third kappa shape index (κ3) is 0.838. The van der Waals surface area contributed by atoms with Gasteiger partial charge in [-0.1, -0.05) is 18.6 Å². The molecule has 1 nitrogen and oxygen atoms in total. The maximum Gasteiger partial charge on any atom is 0.143 e. The van der Waals surface area contributed by atoms with Crippen LogP contribution in [0.5, 0.6) is 0 Å². The Morgan fingerprint density at radius 3 is 2.71 bits per heavy atom. The smallest absolute Gasteiger partial charge is 0.143 e. The molecule has 1 spiro atoms. The molecule has 2 saturated carbocycles. The fraction of sp³-hybridized carbons (Fsp3) is 0.769. The van der Waals surface area contributed by atoms with Gasteiger partial charge in [0.1, 0.15) is 5.78 Å². The van der Waals surface area contributed by atoms with Crippen LogP contribution in [0.25, 0.3) is 0 Å². The normalized spacial score (nSPS) is 38.4. The van der Waals surface area contributed by atoms with Gasteiger partial charge in [0.2, 0.25) is 0 Å². The summed E-state index contributed by atoms with van der Waals surface area (Å²) in [6.45, 7) is 2.30. The van der Waals surface area contributed by atoms with Gasteiger partial charge in [-0.15, -0.1) is 0 Å². The van der Waals surface area contributed by atoms with Gasteiger partial charge in [-0.3, -0.25) is 4.79 Å². The lowest BCUT2D eigenvalue weighted by Gasteiger charge is -2.40. The molecule has 0 saturated heterocycles. The molecule has 3 rings (SSSR count). The van der Waals surface area contributed by atoms with Gasteiger partial charge in [0, 0.05) is 6.42 Å². The monoisotopic (exact) mass is 190 g/mol. The molecule has 3 aliphatic rings. The van der Waals surface area contributed by atoms with Gasteiger partial charge in [-0.2, -0.15) is 0 Å². The van der Waals surface area contributed by atoms with Gasteiger partial charge in [0.05, 0.1) is 5.41 Å². The van der Waals surface area contributed by atoms with E-state index in [1.807, 2.05) is 0 Å². The molecule has 0 amide bonds. The van der Waals surface area contributed by atoms with Crippen molar-refractivity contribution in [3.8, 4) is 0 Å². The van der Waals surface area contributed by atoms with Crippen molar-refractivity contribution in [1.82, 2.24) is 0 Å². The maximum absolute atomic E-state index is 11.9. The van der Waals surface area contributed by atoms with Gasteiger partial charge >= 0.3 is 0 Å². The predicted octanol–water partition coefficient (Wildman–Crippen LogP) is 3.25. The summed E-state index contributed by atoms with van der Waals surface area (Å²) < 4.78 is 0. The van der Waals surface area contributed by atoms with Crippen molar-refractivity contribution in [2.75, 3.05) is 0 Å². The molecule has 14 heavy (non-hydrogen) atoms. The summed E-state index contributed by atoms with van der Waals surface area (Å²) in [7, 11) is 0. The number of Topliss-reactive ketones (excluding diaryl/α,β-unsaturated/α-hetero) is 1. The summed E-state index contributed by atoms with van der Waals surface area (Å²) in [6.07, 6.45) is 10.5. The van der Waals surface area contributed by atoms with Crippen molar-refractivity contribution < 1.29 is 4.79 Å². The molecule has 0 unspecified atom stereocenters. The van der Waals surface area contributed by atoms with Crippen LogP contribution in [0.2, 0.25) is 0 Å². The Labute approximate surface area is 85.6 Å². The number of hydrogen-bond acceptors (Lipinski definition) is 1. The second-order valence-electron chi connectivity index (χ2n) is 5.30. The number of hydrogen-bond donors (Lipinski definition) is 0. The van der Waals surface area contributed by atoms with Crippen LogP contribution in [0, 0.1) is 10.8 Å². The van der Waals surface area contributed by atoms with E-state index in [-0.39, 0.29) is 5.41 Å². The molecule has 76 valence electrons. The lowest BCUT2D eigenvalue weighted by atomic mass is 9.63. The Bertz CT molecular complexity index is 322. The highest BCUT2D eigenvalue weighted by Gasteiger charge is 2.60. The zero-order valence-electron chi connectivity index (χ0n) is 8.94. The molecule has 1 heteroatoms. The minimum absolute atomic E-state index is 0.0742. The quantitative estimate of drug-likeness (QED) is 0.580. The maximum atomic E-state index is 11.9. The Kier molecular flexibility index (Phi) is 1.55. The van der Waals surface area contributed by atoms with E-state index in [9.17, 15) is 4.79 Å². The molecule has 1 atom stereocenters. The molecule has 0 bridgehead atoms. The summed E-state index contributed by atoms with van der Waals surface area (Å²) in [6, 6.07) is 0. The third-order valence-electron chi connectivity index (χ3n) is 4.85. The molecule has 0 N–H and O–H groups in total. The van der Waals surface area contributed by atoms with E-state index in [2.05, 4.69) is 13.0 Å². The Morgan fingerprint density at radius 2 is 2.07 bits per heavy atom. The average Bonchev–Trinajstić information content (AvgIpc) is 2.87. The lowest BCUT2D eigenvalue weighted by molar-refractivity contribution is -0.125. The van der Waals surface area contributed by atoms with Crippen molar-refractivity contribution in [1.29, 1.82) is 0 Å². The van der Waals surface area contributed by atoms with Crippen LogP contribution in [0.1, 0.15) is 51.9 Å². The topological polar surface area (TPSA) is 17.1 Å². The summed E-state index contributed by atoms with van der Waals surface area (Å²) in [4.78, 5) is 11.9. The zero-order chi connectivity index (χ0) is 9.81. The molecule has 0 aromatic heterocycles. The molecule has 3 aliphatic carbocycles. The van der Waals surface area contributed by atoms with Crippen molar-refractivity contribution in [3.63, 3.8) is 0 Å². The highest BCUT2D eigenvalue weighted by molar-refractivity contribution is 5.92. The lowest BCUT2D eigenvalue weighted by Crippen LogP contribution is -2.35. The number of carbonyl (C=O) groups is 1.